The first kappa shape index (κ1) is 25.6. The number of benzene rings is 3. The van der Waals surface area contributed by atoms with Crippen LogP contribution in [0.5, 0.6) is 0 Å². The van der Waals surface area contributed by atoms with E-state index < -0.39 is 26.4 Å². The molecule has 2 aromatic heterocycles. The standard InChI is InChI=1S/C26H20F2N4O4S2/c1-30-14-26(29-16-30)38(35,36)15-17-6-7-21-23(10-17)31(12-18-8-19(27)11-20(28)9-18)13-25(21)37-24-5-3-2-4-22(24)32(33)34/h2-11,13-14,16H,12,15H2,1H3. The van der Waals surface area contributed by atoms with Gasteiger partial charge in [-0.1, -0.05) is 36.0 Å². The second-order valence-electron chi connectivity index (χ2n) is 8.71. The Labute approximate surface area is 220 Å². The van der Waals surface area contributed by atoms with Gasteiger partial charge < -0.3 is 9.13 Å². The van der Waals surface area contributed by atoms with E-state index in [1.54, 1.807) is 58.8 Å². The Morgan fingerprint density at radius 2 is 1.71 bits per heavy atom. The van der Waals surface area contributed by atoms with Crippen LogP contribution >= 0.6 is 11.8 Å². The zero-order valence-electron chi connectivity index (χ0n) is 19.9. The summed E-state index contributed by atoms with van der Waals surface area (Å²) in [6.07, 6.45) is 4.58. The molecule has 3 aromatic carbocycles. The van der Waals surface area contributed by atoms with Gasteiger partial charge in [0, 0.05) is 53.9 Å². The van der Waals surface area contributed by atoms with Crippen molar-refractivity contribution >= 4 is 38.2 Å². The van der Waals surface area contributed by atoms with Crippen LogP contribution in [0.15, 0.2) is 94.2 Å². The van der Waals surface area contributed by atoms with Crippen molar-refractivity contribution < 1.29 is 22.1 Å². The summed E-state index contributed by atoms with van der Waals surface area (Å²) < 4.78 is 56.9. The number of halogens is 2. The van der Waals surface area contributed by atoms with Crippen LogP contribution in [0.1, 0.15) is 11.1 Å². The number of fused-ring (bicyclic) bond motifs is 1. The summed E-state index contributed by atoms with van der Waals surface area (Å²) in [7, 11) is -2.04. The maximum atomic E-state index is 13.9. The van der Waals surface area contributed by atoms with E-state index in [9.17, 15) is 27.3 Å². The molecule has 0 amide bonds. The van der Waals surface area contributed by atoms with Gasteiger partial charge in [-0.2, -0.15) is 0 Å². The fourth-order valence-corrected chi connectivity index (χ4v) is 6.55. The number of rotatable bonds is 8. The van der Waals surface area contributed by atoms with Gasteiger partial charge in [0.1, 0.15) is 11.6 Å². The van der Waals surface area contributed by atoms with E-state index in [0.29, 0.717) is 31.8 Å². The van der Waals surface area contributed by atoms with Crippen molar-refractivity contribution in [3.63, 3.8) is 0 Å². The van der Waals surface area contributed by atoms with E-state index in [4.69, 9.17) is 0 Å². The van der Waals surface area contributed by atoms with E-state index in [2.05, 4.69) is 4.98 Å². The Morgan fingerprint density at radius 3 is 2.39 bits per heavy atom. The zero-order valence-corrected chi connectivity index (χ0v) is 21.5. The summed E-state index contributed by atoms with van der Waals surface area (Å²) in [5.41, 5.74) is 1.43. The summed E-state index contributed by atoms with van der Waals surface area (Å²) in [6.45, 7) is 0.0963. The molecule has 0 saturated carbocycles. The molecule has 5 aromatic rings. The molecule has 0 aliphatic carbocycles. The molecule has 12 heteroatoms. The number of hydrogen-bond donors (Lipinski definition) is 0. The molecule has 2 heterocycles. The fourth-order valence-electron chi connectivity index (χ4n) is 4.16. The minimum Gasteiger partial charge on any atom is -0.342 e. The maximum absolute atomic E-state index is 13.9. The number of nitro groups is 1. The molecule has 0 N–H and O–H groups in total. The summed E-state index contributed by atoms with van der Waals surface area (Å²) >= 11 is 1.19. The van der Waals surface area contributed by atoms with E-state index in [1.807, 2.05) is 0 Å². The van der Waals surface area contributed by atoms with E-state index in [0.717, 1.165) is 6.07 Å². The molecular formula is C26H20F2N4O4S2. The van der Waals surface area contributed by atoms with Gasteiger partial charge >= 0.3 is 0 Å². The normalized spacial score (nSPS) is 11.8. The highest BCUT2D eigenvalue weighted by molar-refractivity contribution is 7.99. The van der Waals surface area contributed by atoms with Gasteiger partial charge in [-0.15, -0.1) is 0 Å². The van der Waals surface area contributed by atoms with Crippen LogP contribution in [0.4, 0.5) is 14.5 Å². The van der Waals surface area contributed by atoms with Crippen molar-refractivity contribution in [3.8, 4) is 0 Å². The maximum Gasteiger partial charge on any atom is 0.283 e. The van der Waals surface area contributed by atoms with E-state index >= 15 is 0 Å². The molecule has 8 nitrogen and oxygen atoms in total. The average molecular weight is 555 g/mol. The van der Waals surface area contributed by atoms with Gasteiger partial charge in [-0.25, -0.2) is 22.2 Å². The summed E-state index contributed by atoms with van der Waals surface area (Å²) in [5.74, 6) is -1.73. The Balaban J connectivity index is 1.59. The summed E-state index contributed by atoms with van der Waals surface area (Å²) in [5, 5.41) is 12.2. The molecule has 0 radical (unpaired) electrons. The molecule has 194 valence electrons. The number of imidazole rings is 1. The lowest BCUT2D eigenvalue weighted by molar-refractivity contribution is -0.387. The van der Waals surface area contributed by atoms with E-state index in [1.165, 1.54) is 42.5 Å². The number of nitrogens with zero attached hydrogens (tertiary/aromatic N) is 4. The first-order valence-corrected chi connectivity index (χ1v) is 13.7. The van der Waals surface area contributed by atoms with Crippen LogP contribution in [-0.4, -0.2) is 27.5 Å². The molecule has 0 atom stereocenters. The fraction of sp³-hybridized carbons (Fsp3) is 0.115. The Hall–Kier alpha value is -4.03. The predicted molar refractivity (Wildman–Crippen MR) is 139 cm³/mol. The van der Waals surface area contributed by atoms with Gasteiger partial charge in [-0.05, 0) is 35.4 Å². The highest BCUT2D eigenvalue weighted by Crippen LogP contribution is 2.39. The number of para-hydroxylation sites is 1. The lowest BCUT2D eigenvalue weighted by Crippen LogP contribution is -2.06. The number of sulfone groups is 1. The minimum absolute atomic E-state index is 0.0432. The molecule has 0 unspecified atom stereocenters. The molecule has 38 heavy (non-hydrogen) atoms. The molecule has 0 aliphatic heterocycles. The highest BCUT2D eigenvalue weighted by Gasteiger charge is 2.21. The van der Waals surface area contributed by atoms with Gasteiger partial charge in [0.2, 0.25) is 9.84 Å². The van der Waals surface area contributed by atoms with Crippen molar-refractivity contribution in [3.05, 3.63) is 112 Å². The second kappa shape index (κ2) is 10.0. The lowest BCUT2D eigenvalue weighted by Gasteiger charge is -2.08. The Kier molecular flexibility index (Phi) is 6.76. The number of aromatic nitrogens is 3. The van der Waals surface area contributed by atoms with Crippen LogP contribution in [0.2, 0.25) is 0 Å². The largest absolute Gasteiger partial charge is 0.342 e. The van der Waals surface area contributed by atoms with E-state index in [-0.39, 0.29) is 23.0 Å². The predicted octanol–water partition coefficient (Wildman–Crippen LogP) is 5.73. The third kappa shape index (κ3) is 5.31. The second-order valence-corrected chi connectivity index (χ2v) is 11.7. The summed E-state index contributed by atoms with van der Waals surface area (Å²) in [6, 6.07) is 14.7. The van der Waals surface area contributed by atoms with Crippen LogP contribution in [-0.2, 0) is 29.2 Å². The minimum atomic E-state index is -3.72. The molecule has 0 fully saturated rings. The molecule has 0 aliphatic rings. The SMILES string of the molecule is Cn1cnc(S(=O)(=O)Cc2ccc3c(Sc4ccccc4[N+](=O)[O-])cn(Cc4cc(F)cc(F)c4)c3c2)c1. The highest BCUT2D eigenvalue weighted by atomic mass is 32.2. The van der Waals surface area contributed by atoms with Crippen molar-refractivity contribution in [2.75, 3.05) is 0 Å². The van der Waals surface area contributed by atoms with Crippen molar-refractivity contribution in [2.24, 2.45) is 7.05 Å². The Morgan fingerprint density at radius 1 is 0.974 bits per heavy atom. The van der Waals surface area contributed by atoms with Gasteiger partial charge in [-0.3, -0.25) is 10.1 Å². The first-order valence-electron chi connectivity index (χ1n) is 11.3. The summed E-state index contributed by atoms with van der Waals surface area (Å²) in [4.78, 5) is 16.1. The lowest BCUT2D eigenvalue weighted by atomic mass is 10.2. The van der Waals surface area contributed by atoms with Gasteiger partial charge in [0.15, 0.2) is 5.03 Å². The molecular weight excluding hydrogens is 534 g/mol. The van der Waals surface area contributed by atoms with Gasteiger partial charge in [0.05, 0.1) is 21.9 Å². The van der Waals surface area contributed by atoms with Crippen molar-refractivity contribution in [1.82, 2.24) is 14.1 Å². The zero-order chi connectivity index (χ0) is 27.0. The smallest absolute Gasteiger partial charge is 0.283 e. The monoisotopic (exact) mass is 554 g/mol. The Bertz CT molecular complexity index is 1780. The van der Waals surface area contributed by atoms with Crippen LogP contribution < -0.4 is 0 Å². The molecule has 0 bridgehead atoms. The van der Waals surface area contributed by atoms with Crippen molar-refractivity contribution in [1.29, 1.82) is 0 Å². The van der Waals surface area contributed by atoms with Gasteiger partial charge in [0.25, 0.3) is 5.69 Å². The topological polar surface area (TPSA) is 100 Å². The van der Waals surface area contributed by atoms with Crippen LogP contribution in [0, 0.1) is 21.7 Å². The quantitative estimate of drug-likeness (QED) is 0.179. The third-order valence-electron chi connectivity index (χ3n) is 5.82. The van der Waals surface area contributed by atoms with Crippen LogP contribution in [0.3, 0.4) is 0 Å². The number of nitro benzene ring substituents is 1. The number of aryl methyl sites for hydroxylation is 1. The molecule has 5 rings (SSSR count). The molecule has 0 saturated heterocycles. The third-order valence-corrected chi connectivity index (χ3v) is 8.50. The average Bonchev–Trinajstić information content (AvgIpc) is 3.43. The first-order chi connectivity index (χ1) is 18.1. The van der Waals surface area contributed by atoms with Crippen molar-refractivity contribution in [2.45, 2.75) is 27.1 Å². The molecule has 0 spiro atoms. The number of hydrogen-bond acceptors (Lipinski definition) is 6. The van der Waals surface area contributed by atoms with Crippen LogP contribution in [0.25, 0.3) is 10.9 Å².